The maximum absolute atomic E-state index is 13.5. The Morgan fingerprint density at radius 2 is 1.78 bits per heavy atom. The van der Waals surface area contributed by atoms with Crippen LogP contribution in [0.2, 0.25) is 0 Å². The van der Waals surface area contributed by atoms with Gasteiger partial charge in [0, 0.05) is 0 Å². The third kappa shape index (κ3) is 5.50. The summed E-state index contributed by atoms with van der Waals surface area (Å²) in [6, 6.07) is 15.9. The molecule has 0 aliphatic heterocycles. The lowest BCUT2D eigenvalue weighted by molar-refractivity contribution is -0.122. The first-order valence-corrected chi connectivity index (χ1v) is 13.8. The highest BCUT2D eigenvalue weighted by atomic mass is 32.1. The molecule has 1 amide bonds. The van der Waals surface area contributed by atoms with E-state index in [0.717, 1.165) is 15.2 Å². The van der Waals surface area contributed by atoms with E-state index in [0.29, 0.717) is 11.3 Å². The van der Waals surface area contributed by atoms with Crippen LogP contribution in [0.5, 0.6) is 0 Å². The Hall–Kier alpha value is -4.71. The van der Waals surface area contributed by atoms with Crippen LogP contribution < -0.4 is 16.6 Å². The Balaban J connectivity index is 1.37. The summed E-state index contributed by atoms with van der Waals surface area (Å²) >= 11 is 1.52. The molecule has 41 heavy (non-hydrogen) atoms. The van der Waals surface area contributed by atoms with E-state index < -0.39 is 28.7 Å². The van der Waals surface area contributed by atoms with Crippen LogP contribution >= 0.6 is 11.3 Å². The average Bonchev–Trinajstić information content (AvgIpc) is 3.63. The van der Waals surface area contributed by atoms with Crippen molar-refractivity contribution in [1.82, 2.24) is 30.0 Å². The number of nitrogens with zero attached hydrogens (tertiary/aromatic N) is 5. The van der Waals surface area contributed by atoms with Crippen LogP contribution in [0.25, 0.3) is 21.5 Å². The largest absolute Gasteiger partial charge is 0.417 e. The molecule has 0 saturated carbocycles. The number of hydrogen-bond donors (Lipinski definition) is 2. The second-order valence-corrected chi connectivity index (χ2v) is 11.5. The van der Waals surface area contributed by atoms with E-state index in [-0.39, 0.29) is 30.1 Å². The number of Topliss-reactive ketones (excluding diaryl/α,β-unsaturated/α-hetero) is 1. The van der Waals surface area contributed by atoms with Gasteiger partial charge in [0.25, 0.3) is 11.4 Å². The first kappa shape index (κ1) is 27.8. The van der Waals surface area contributed by atoms with Gasteiger partial charge in [-0.2, -0.15) is 0 Å². The number of carbonyl (C=O) groups is 2. The lowest BCUT2D eigenvalue weighted by atomic mass is 9.94. The standard InChI is InChI=1S/C29H29N7O4S/c1-16(2)22(33-21(37)15-36-19(14-31-24(30)26(36)39)17-10-6-5-7-11-17)23(38)25-34-35-27(40-25)29(3,4)28-32-18-12-8-9-13-20(18)41-28/h5-14,16,22H,15H2,1-4H3,(H2,30,31)(H,33,37). The number of aromatic nitrogens is 5. The first-order valence-electron chi connectivity index (χ1n) is 13.0. The number of nitrogens with two attached hydrogens (primary N) is 1. The number of ketones is 1. The van der Waals surface area contributed by atoms with E-state index in [2.05, 4.69) is 20.5 Å². The first-order chi connectivity index (χ1) is 19.6. The van der Waals surface area contributed by atoms with E-state index in [1.165, 1.54) is 22.1 Å². The summed E-state index contributed by atoms with van der Waals surface area (Å²) < 4.78 is 8.13. The molecule has 3 heterocycles. The van der Waals surface area contributed by atoms with Crippen LogP contribution in [0.4, 0.5) is 5.82 Å². The quantitative estimate of drug-likeness (QED) is 0.251. The van der Waals surface area contributed by atoms with E-state index in [4.69, 9.17) is 15.1 Å². The summed E-state index contributed by atoms with van der Waals surface area (Å²) in [6.07, 6.45) is 1.44. The van der Waals surface area contributed by atoms with Gasteiger partial charge in [0.05, 0.1) is 33.6 Å². The number of nitrogen functional groups attached to an aromatic ring is 1. The number of benzene rings is 2. The van der Waals surface area contributed by atoms with Crippen molar-refractivity contribution in [3.63, 3.8) is 0 Å². The molecule has 0 aliphatic rings. The lowest BCUT2D eigenvalue weighted by Gasteiger charge is -2.21. The zero-order valence-corrected chi connectivity index (χ0v) is 23.8. The molecule has 5 rings (SSSR count). The summed E-state index contributed by atoms with van der Waals surface area (Å²) in [5, 5.41) is 11.7. The van der Waals surface area contributed by atoms with Crippen molar-refractivity contribution >= 4 is 39.1 Å². The number of hydrogen-bond acceptors (Lipinski definition) is 10. The fourth-order valence-electron chi connectivity index (χ4n) is 4.34. The summed E-state index contributed by atoms with van der Waals surface area (Å²) in [5.74, 6) is -1.62. The molecule has 5 aromatic rings. The van der Waals surface area contributed by atoms with Crippen molar-refractivity contribution in [2.75, 3.05) is 5.73 Å². The molecular weight excluding hydrogens is 542 g/mol. The van der Waals surface area contributed by atoms with Crippen LogP contribution in [0.15, 0.2) is 70.0 Å². The number of anilines is 1. The van der Waals surface area contributed by atoms with Crippen molar-refractivity contribution < 1.29 is 14.0 Å². The molecule has 2 aromatic carbocycles. The number of nitrogens with one attached hydrogen (secondary N) is 1. The molecule has 0 aliphatic carbocycles. The van der Waals surface area contributed by atoms with Crippen molar-refractivity contribution in [1.29, 1.82) is 0 Å². The molecule has 1 unspecified atom stereocenters. The van der Waals surface area contributed by atoms with E-state index in [1.54, 1.807) is 26.0 Å². The molecular formula is C29H29N7O4S. The number of amides is 1. The van der Waals surface area contributed by atoms with Gasteiger partial charge in [0.15, 0.2) is 5.82 Å². The second kappa shape index (κ2) is 11.0. The highest BCUT2D eigenvalue weighted by Crippen LogP contribution is 2.36. The van der Waals surface area contributed by atoms with Crippen molar-refractivity contribution in [3.8, 4) is 11.3 Å². The monoisotopic (exact) mass is 571 g/mol. The van der Waals surface area contributed by atoms with Gasteiger partial charge in [-0.05, 0) is 37.5 Å². The number of carbonyl (C=O) groups excluding carboxylic acids is 2. The van der Waals surface area contributed by atoms with Crippen LogP contribution in [0.1, 0.15) is 49.3 Å². The van der Waals surface area contributed by atoms with Gasteiger partial charge in [-0.25, -0.2) is 9.97 Å². The predicted octanol–water partition coefficient (Wildman–Crippen LogP) is 3.83. The third-order valence-electron chi connectivity index (χ3n) is 6.72. The van der Waals surface area contributed by atoms with Gasteiger partial charge in [0.1, 0.15) is 11.6 Å². The van der Waals surface area contributed by atoms with Crippen LogP contribution in [0, 0.1) is 5.92 Å². The number of thiazole rings is 1. The summed E-state index contributed by atoms with van der Waals surface area (Å²) in [4.78, 5) is 48.2. The van der Waals surface area contributed by atoms with Gasteiger partial charge < -0.3 is 15.5 Å². The average molecular weight is 572 g/mol. The van der Waals surface area contributed by atoms with Gasteiger partial charge in [-0.1, -0.05) is 56.3 Å². The topological polar surface area (TPSA) is 159 Å². The summed E-state index contributed by atoms with van der Waals surface area (Å²) in [5.41, 5.74) is 6.38. The minimum atomic E-state index is -0.976. The van der Waals surface area contributed by atoms with Crippen LogP contribution in [-0.2, 0) is 16.8 Å². The molecule has 3 aromatic heterocycles. The Morgan fingerprint density at radius 1 is 1.07 bits per heavy atom. The number of rotatable bonds is 9. The van der Waals surface area contributed by atoms with Gasteiger partial charge in [-0.15, -0.1) is 21.5 Å². The molecule has 11 nitrogen and oxygen atoms in total. The number of fused-ring (bicyclic) bond motifs is 1. The zero-order valence-electron chi connectivity index (χ0n) is 23.0. The highest BCUT2D eigenvalue weighted by Gasteiger charge is 2.36. The Morgan fingerprint density at radius 3 is 2.49 bits per heavy atom. The zero-order chi connectivity index (χ0) is 29.3. The van der Waals surface area contributed by atoms with Gasteiger partial charge in [0.2, 0.25) is 17.6 Å². The van der Waals surface area contributed by atoms with Crippen LogP contribution in [0.3, 0.4) is 0 Å². The Labute approximate surface area is 239 Å². The molecule has 0 spiro atoms. The molecule has 1 atom stereocenters. The number of para-hydroxylation sites is 1. The molecule has 0 saturated heterocycles. The Bertz CT molecular complexity index is 1760. The van der Waals surface area contributed by atoms with E-state index >= 15 is 0 Å². The van der Waals surface area contributed by atoms with Crippen molar-refractivity contribution in [2.24, 2.45) is 5.92 Å². The molecule has 3 N–H and O–H groups in total. The molecule has 210 valence electrons. The third-order valence-corrected chi connectivity index (χ3v) is 8.08. The molecule has 0 fully saturated rings. The summed E-state index contributed by atoms with van der Waals surface area (Å²) in [7, 11) is 0. The maximum atomic E-state index is 13.5. The highest BCUT2D eigenvalue weighted by molar-refractivity contribution is 7.18. The van der Waals surface area contributed by atoms with E-state index in [9.17, 15) is 14.4 Å². The van der Waals surface area contributed by atoms with E-state index in [1.807, 2.05) is 56.3 Å². The SMILES string of the molecule is CC(C)C(NC(=O)Cn1c(-c2ccccc2)cnc(N)c1=O)C(=O)c1nnc(C(C)(C)c2nc3ccccc3s2)o1. The molecule has 0 bridgehead atoms. The van der Waals surface area contributed by atoms with Crippen molar-refractivity contribution in [3.05, 3.63) is 87.9 Å². The molecule has 0 radical (unpaired) electrons. The van der Waals surface area contributed by atoms with Gasteiger partial charge >= 0.3 is 0 Å². The Kier molecular flexibility index (Phi) is 7.50. The fraction of sp³-hybridized carbons (Fsp3) is 0.276. The normalized spacial score (nSPS) is 12.5. The fourth-order valence-corrected chi connectivity index (χ4v) is 5.40. The molecule has 12 heteroatoms. The summed E-state index contributed by atoms with van der Waals surface area (Å²) in [6.45, 7) is 7.01. The van der Waals surface area contributed by atoms with Crippen LogP contribution in [-0.4, -0.2) is 42.5 Å². The predicted molar refractivity (Wildman–Crippen MR) is 155 cm³/mol. The minimum Gasteiger partial charge on any atom is -0.417 e. The smallest absolute Gasteiger partial charge is 0.294 e. The minimum absolute atomic E-state index is 0.219. The maximum Gasteiger partial charge on any atom is 0.294 e. The lowest BCUT2D eigenvalue weighted by Crippen LogP contribution is -2.46. The second-order valence-electron chi connectivity index (χ2n) is 10.5. The van der Waals surface area contributed by atoms with Gasteiger partial charge in [-0.3, -0.25) is 19.0 Å². The van der Waals surface area contributed by atoms with Crippen molar-refractivity contribution in [2.45, 2.75) is 45.7 Å².